The van der Waals surface area contributed by atoms with Gasteiger partial charge in [0.15, 0.2) is 0 Å². The van der Waals surface area contributed by atoms with Crippen molar-refractivity contribution in [2.24, 2.45) is 5.73 Å². The largest absolute Gasteiger partial charge is 0.420 e. The molecule has 1 aliphatic heterocycles. The van der Waals surface area contributed by atoms with Crippen LogP contribution in [0.1, 0.15) is 43.5 Å². The number of nitrogens with one attached hydrogen (secondary N) is 1. The second-order valence-electron chi connectivity index (χ2n) is 6.55. The average Bonchev–Trinajstić information content (AvgIpc) is 2.89. The van der Waals surface area contributed by atoms with Gasteiger partial charge in [-0.1, -0.05) is 32.9 Å². The van der Waals surface area contributed by atoms with Crippen LogP contribution >= 0.6 is 22.6 Å². The molecule has 0 spiro atoms. The van der Waals surface area contributed by atoms with Crippen molar-refractivity contribution >= 4 is 22.6 Å². The SMILES string of the molecule is CC(C)(C)c1[nH]nc2c1[C@H](c1cccc(I)c1)C(C#N)=C(N)O2. The van der Waals surface area contributed by atoms with Gasteiger partial charge in [0.1, 0.15) is 11.6 Å². The van der Waals surface area contributed by atoms with Crippen molar-refractivity contribution in [3.05, 3.63) is 56.1 Å². The van der Waals surface area contributed by atoms with Crippen molar-refractivity contribution in [3.8, 4) is 11.9 Å². The smallest absolute Gasteiger partial charge is 0.244 e. The summed E-state index contributed by atoms with van der Waals surface area (Å²) in [4.78, 5) is 0. The first kappa shape index (κ1) is 15.9. The molecule has 6 heteroatoms. The van der Waals surface area contributed by atoms with Crippen LogP contribution < -0.4 is 10.5 Å². The van der Waals surface area contributed by atoms with Gasteiger partial charge in [-0.3, -0.25) is 5.10 Å². The Labute approximate surface area is 148 Å². The summed E-state index contributed by atoms with van der Waals surface area (Å²) in [5, 5.41) is 17.0. The Morgan fingerprint density at radius 3 is 2.74 bits per heavy atom. The standard InChI is InChI=1S/C17H17IN4O/c1-17(2,3)14-13-12(9-5-4-6-10(18)7-9)11(8-19)15(20)23-16(13)22-21-14/h4-7,12H,20H2,1-3H3,(H,21,22)/t12-/m1/s1. The van der Waals surface area contributed by atoms with Crippen molar-refractivity contribution in [2.45, 2.75) is 32.1 Å². The fraction of sp³-hybridized carbons (Fsp3) is 0.294. The van der Waals surface area contributed by atoms with E-state index in [1.54, 1.807) is 0 Å². The predicted molar refractivity (Wildman–Crippen MR) is 95.7 cm³/mol. The van der Waals surface area contributed by atoms with Gasteiger partial charge in [0, 0.05) is 14.7 Å². The zero-order valence-corrected chi connectivity index (χ0v) is 15.3. The third-order valence-electron chi connectivity index (χ3n) is 3.87. The van der Waals surface area contributed by atoms with E-state index in [4.69, 9.17) is 10.5 Å². The normalized spacial score (nSPS) is 17.4. The van der Waals surface area contributed by atoms with Gasteiger partial charge in [-0.05, 0) is 40.3 Å². The third-order valence-corrected chi connectivity index (χ3v) is 4.54. The number of H-pyrrole nitrogens is 1. The van der Waals surface area contributed by atoms with Crippen LogP contribution in [0.15, 0.2) is 35.7 Å². The highest BCUT2D eigenvalue weighted by atomic mass is 127. The number of benzene rings is 1. The van der Waals surface area contributed by atoms with E-state index in [2.05, 4.69) is 65.7 Å². The zero-order valence-electron chi connectivity index (χ0n) is 13.1. The summed E-state index contributed by atoms with van der Waals surface area (Å²) < 4.78 is 6.69. The van der Waals surface area contributed by atoms with Gasteiger partial charge in [0.25, 0.3) is 0 Å². The van der Waals surface area contributed by atoms with Crippen molar-refractivity contribution in [1.29, 1.82) is 5.26 Å². The Bertz CT molecular complexity index is 839. The van der Waals surface area contributed by atoms with Gasteiger partial charge in [-0.2, -0.15) is 5.26 Å². The molecule has 0 bridgehead atoms. The summed E-state index contributed by atoms with van der Waals surface area (Å²) in [6, 6.07) is 10.3. The Kier molecular flexibility index (Phi) is 3.84. The Hall–Kier alpha value is -2.01. The second-order valence-corrected chi connectivity index (χ2v) is 7.79. The zero-order chi connectivity index (χ0) is 16.8. The van der Waals surface area contributed by atoms with Gasteiger partial charge >= 0.3 is 0 Å². The maximum absolute atomic E-state index is 9.62. The number of hydrogen-bond acceptors (Lipinski definition) is 4. The Balaban J connectivity index is 2.28. The van der Waals surface area contributed by atoms with Gasteiger partial charge in [0.2, 0.25) is 11.8 Å². The number of aromatic nitrogens is 2. The number of allylic oxidation sites excluding steroid dienone is 1. The van der Waals surface area contributed by atoms with Crippen molar-refractivity contribution in [1.82, 2.24) is 10.2 Å². The van der Waals surface area contributed by atoms with E-state index < -0.39 is 0 Å². The van der Waals surface area contributed by atoms with E-state index in [1.165, 1.54) is 0 Å². The molecule has 1 aromatic heterocycles. The minimum atomic E-state index is -0.272. The lowest BCUT2D eigenvalue weighted by Crippen LogP contribution is -2.23. The molecule has 3 N–H and O–H groups in total. The molecule has 2 heterocycles. The van der Waals surface area contributed by atoms with Crippen LogP contribution in [0, 0.1) is 14.9 Å². The van der Waals surface area contributed by atoms with Crippen LogP contribution in [0.4, 0.5) is 0 Å². The summed E-state index contributed by atoms with van der Waals surface area (Å²) in [7, 11) is 0. The van der Waals surface area contributed by atoms with E-state index in [9.17, 15) is 5.26 Å². The summed E-state index contributed by atoms with van der Waals surface area (Å²) in [6.45, 7) is 6.29. The monoisotopic (exact) mass is 420 g/mol. The highest BCUT2D eigenvalue weighted by molar-refractivity contribution is 14.1. The molecule has 0 radical (unpaired) electrons. The Morgan fingerprint density at radius 2 is 2.13 bits per heavy atom. The molecule has 3 rings (SSSR count). The van der Waals surface area contributed by atoms with E-state index in [0.717, 1.165) is 20.4 Å². The van der Waals surface area contributed by atoms with Crippen LogP contribution in [-0.2, 0) is 5.41 Å². The first-order valence-corrected chi connectivity index (χ1v) is 8.32. The number of nitrogens with zero attached hydrogens (tertiary/aromatic N) is 2. The quantitative estimate of drug-likeness (QED) is 0.691. The highest BCUT2D eigenvalue weighted by Gasteiger charge is 2.37. The molecule has 1 aromatic carbocycles. The maximum atomic E-state index is 9.62. The number of halogens is 1. The molecule has 118 valence electrons. The van der Waals surface area contributed by atoms with Crippen LogP contribution in [-0.4, -0.2) is 10.2 Å². The number of aromatic amines is 1. The van der Waals surface area contributed by atoms with E-state index >= 15 is 0 Å². The molecule has 0 saturated carbocycles. The minimum absolute atomic E-state index is 0.121. The first-order chi connectivity index (χ1) is 10.8. The summed E-state index contributed by atoms with van der Waals surface area (Å²) in [5.41, 5.74) is 9.09. The van der Waals surface area contributed by atoms with E-state index in [1.807, 2.05) is 18.2 Å². The number of rotatable bonds is 1. The van der Waals surface area contributed by atoms with Crippen molar-refractivity contribution in [3.63, 3.8) is 0 Å². The summed E-state index contributed by atoms with van der Waals surface area (Å²) in [6.07, 6.45) is 0. The summed E-state index contributed by atoms with van der Waals surface area (Å²) in [5.74, 6) is 0.303. The molecular formula is C17H17IN4O. The number of nitrogens with two attached hydrogens (primary N) is 1. The predicted octanol–water partition coefficient (Wildman–Crippen LogP) is 3.53. The first-order valence-electron chi connectivity index (χ1n) is 7.24. The number of fused-ring (bicyclic) bond motifs is 1. The van der Waals surface area contributed by atoms with Gasteiger partial charge in [-0.15, -0.1) is 5.10 Å². The lowest BCUT2D eigenvalue weighted by atomic mass is 9.79. The maximum Gasteiger partial charge on any atom is 0.244 e. The lowest BCUT2D eigenvalue weighted by molar-refractivity contribution is 0.378. The molecule has 1 aliphatic rings. The van der Waals surface area contributed by atoms with E-state index in [-0.39, 0.29) is 17.2 Å². The van der Waals surface area contributed by atoms with Crippen LogP contribution in [0.5, 0.6) is 5.88 Å². The van der Waals surface area contributed by atoms with Crippen molar-refractivity contribution in [2.75, 3.05) is 0 Å². The minimum Gasteiger partial charge on any atom is -0.420 e. The molecule has 5 nitrogen and oxygen atoms in total. The topological polar surface area (TPSA) is 87.7 Å². The van der Waals surface area contributed by atoms with Gasteiger partial charge in [0.05, 0.1) is 11.5 Å². The molecule has 0 aliphatic carbocycles. The van der Waals surface area contributed by atoms with Crippen molar-refractivity contribution < 1.29 is 4.74 Å². The van der Waals surface area contributed by atoms with Crippen LogP contribution in [0.25, 0.3) is 0 Å². The van der Waals surface area contributed by atoms with Crippen LogP contribution in [0.3, 0.4) is 0 Å². The average molecular weight is 420 g/mol. The lowest BCUT2D eigenvalue weighted by Gasteiger charge is -2.27. The van der Waals surface area contributed by atoms with E-state index in [0.29, 0.717) is 11.5 Å². The Morgan fingerprint density at radius 1 is 1.39 bits per heavy atom. The fourth-order valence-electron chi connectivity index (χ4n) is 2.84. The number of hydrogen-bond donors (Lipinski definition) is 2. The fourth-order valence-corrected chi connectivity index (χ4v) is 3.40. The molecule has 0 amide bonds. The molecule has 0 unspecified atom stereocenters. The number of nitriles is 1. The second kappa shape index (κ2) is 5.57. The molecule has 2 aromatic rings. The highest BCUT2D eigenvalue weighted by Crippen LogP contribution is 2.45. The molecule has 1 atom stereocenters. The molecule has 0 saturated heterocycles. The summed E-state index contributed by atoms with van der Waals surface area (Å²) >= 11 is 2.26. The van der Waals surface area contributed by atoms with Crippen LogP contribution in [0.2, 0.25) is 0 Å². The molecule has 0 fully saturated rings. The number of ether oxygens (including phenoxy) is 1. The van der Waals surface area contributed by atoms with Gasteiger partial charge in [-0.25, -0.2) is 0 Å². The van der Waals surface area contributed by atoms with Gasteiger partial charge < -0.3 is 10.5 Å². The molecule has 23 heavy (non-hydrogen) atoms. The third kappa shape index (κ3) is 2.70. The molecular weight excluding hydrogens is 403 g/mol.